The topological polar surface area (TPSA) is 3.24 Å². The van der Waals surface area contributed by atoms with E-state index in [4.69, 9.17) is 0 Å². The van der Waals surface area contributed by atoms with Gasteiger partial charge in [-0.1, -0.05) is 150 Å². The fourth-order valence-corrected chi connectivity index (χ4v) is 5.91. The third-order valence-electron chi connectivity index (χ3n) is 8.68. The average Bonchev–Trinajstić information content (AvgIpc) is 3.57. The highest BCUT2D eigenvalue weighted by atomic mass is 15.1. The Morgan fingerprint density at radius 2 is 0.971 bits per heavy atom. The highest BCUT2D eigenvalue weighted by molar-refractivity contribution is 4.85. The number of hydrogen-bond acceptors (Lipinski definition) is 1. The molecule has 204 valence electrons. The Hall–Kier alpha value is -0.0400. The number of nitrogens with zero attached hydrogens (tertiary/aromatic N) is 1. The van der Waals surface area contributed by atoms with Crippen molar-refractivity contribution in [3.05, 3.63) is 0 Å². The fourth-order valence-electron chi connectivity index (χ4n) is 5.91. The van der Waals surface area contributed by atoms with E-state index in [1.165, 1.54) is 135 Å². The van der Waals surface area contributed by atoms with E-state index < -0.39 is 0 Å². The molecule has 0 aliphatic heterocycles. The van der Waals surface area contributed by atoms with Crippen LogP contribution < -0.4 is 0 Å². The summed E-state index contributed by atoms with van der Waals surface area (Å²) in [4.78, 5) is 2.71. The van der Waals surface area contributed by atoms with Crippen LogP contribution in [-0.4, -0.2) is 24.5 Å². The molecule has 0 aromatic rings. The molecule has 0 aromatic heterocycles. The fraction of sp³-hybridized carbons (Fsp3) is 1.00. The van der Waals surface area contributed by atoms with Gasteiger partial charge in [-0.2, -0.15) is 0 Å². The molecule has 0 aromatic carbocycles. The van der Waals surface area contributed by atoms with E-state index in [9.17, 15) is 0 Å². The zero-order chi connectivity index (χ0) is 24.9. The predicted octanol–water partition coefficient (Wildman–Crippen LogP) is 11.2. The van der Waals surface area contributed by atoms with E-state index in [2.05, 4.69) is 39.6 Å². The van der Waals surface area contributed by atoms with Gasteiger partial charge in [0.05, 0.1) is 0 Å². The molecule has 1 saturated carbocycles. The molecule has 1 heteroatoms. The van der Waals surface area contributed by atoms with Crippen molar-refractivity contribution in [3.63, 3.8) is 0 Å². The molecule has 1 aliphatic rings. The summed E-state index contributed by atoms with van der Waals surface area (Å²) in [6.07, 6.45) is 33.7. The average molecular weight is 478 g/mol. The maximum absolute atomic E-state index is 2.71. The second kappa shape index (κ2) is 22.2. The second-order valence-corrected chi connectivity index (χ2v) is 12.5. The van der Waals surface area contributed by atoms with Crippen LogP contribution in [0.3, 0.4) is 0 Å². The van der Waals surface area contributed by atoms with Crippen LogP contribution >= 0.6 is 0 Å². The first kappa shape index (κ1) is 32.0. The molecule has 1 nitrogen and oxygen atoms in total. The summed E-state index contributed by atoms with van der Waals surface area (Å²) in [5.74, 6) is 3.07. The van der Waals surface area contributed by atoms with Crippen molar-refractivity contribution in [1.29, 1.82) is 0 Å². The molecule has 0 amide bonds. The molecule has 0 saturated heterocycles. The number of rotatable bonds is 26. The Bertz CT molecular complexity index is 417. The second-order valence-electron chi connectivity index (χ2n) is 12.5. The minimum atomic E-state index is 0.828. The van der Waals surface area contributed by atoms with E-state index in [-0.39, 0.29) is 0 Å². The normalized spacial score (nSPS) is 18.8. The maximum Gasteiger partial charge on any atom is 0.00922 e. The zero-order valence-corrected chi connectivity index (χ0v) is 24.7. The molecule has 0 N–H and O–H groups in total. The first-order valence-corrected chi connectivity index (χ1v) is 16.3. The van der Waals surface area contributed by atoms with Crippen molar-refractivity contribution in [2.45, 2.75) is 181 Å². The van der Waals surface area contributed by atoms with Crippen molar-refractivity contribution in [2.75, 3.05) is 13.6 Å². The minimum Gasteiger partial charge on any atom is -0.303 e. The van der Waals surface area contributed by atoms with Crippen LogP contribution in [0, 0.1) is 17.8 Å². The highest BCUT2D eigenvalue weighted by Crippen LogP contribution is 2.45. The zero-order valence-electron chi connectivity index (χ0n) is 24.7. The summed E-state index contributed by atoms with van der Waals surface area (Å²) >= 11 is 0. The molecule has 34 heavy (non-hydrogen) atoms. The largest absolute Gasteiger partial charge is 0.303 e. The van der Waals surface area contributed by atoms with Crippen LogP contribution in [0.15, 0.2) is 0 Å². The molecule has 3 unspecified atom stereocenters. The Morgan fingerprint density at radius 1 is 0.559 bits per heavy atom. The lowest BCUT2D eigenvalue weighted by molar-refractivity contribution is 0.199. The Labute approximate surface area is 217 Å². The minimum absolute atomic E-state index is 0.828. The van der Waals surface area contributed by atoms with Gasteiger partial charge in [-0.25, -0.2) is 0 Å². The van der Waals surface area contributed by atoms with Gasteiger partial charge in [0.1, 0.15) is 0 Å². The van der Waals surface area contributed by atoms with Crippen LogP contribution in [0.4, 0.5) is 0 Å². The molecular weight excluding hydrogens is 410 g/mol. The quantitative estimate of drug-likeness (QED) is 0.112. The first-order valence-electron chi connectivity index (χ1n) is 16.3. The summed E-state index contributed by atoms with van der Waals surface area (Å²) in [5, 5.41) is 0. The van der Waals surface area contributed by atoms with E-state index in [1.54, 1.807) is 19.3 Å². The van der Waals surface area contributed by atoms with Crippen LogP contribution in [0.5, 0.6) is 0 Å². The van der Waals surface area contributed by atoms with Gasteiger partial charge < -0.3 is 4.90 Å². The van der Waals surface area contributed by atoms with Gasteiger partial charge in [0.25, 0.3) is 0 Å². The molecule has 1 aliphatic carbocycles. The summed E-state index contributed by atoms with van der Waals surface area (Å²) < 4.78 is 0. The van der Waals surface area contributed by atoms with Crippen LogP contribution in [0.25, 0.3) is 0 Å². The summed E-state index contributed by atoms with van der Waals surface area (Å²) in [6.45, 7) is 10.7. The van der Waals surface area contributed by atoms with E-state index >= 15 is 0 Å². The Morgan fingerprint density at radius 3 is 1.41 bits per heavy atom. The molecule has 0 spiro atoms. The lowest BCUT2D eigenvalue weighted by Crippen LogP contribution is -2.33. The molecule has 1 rings (SSSR count). The summed E-state index contributed by atoms with van der Waals surface area (Å²) in [7, 11) is 2.40. The standard InChI is InChI=1S/C33H67N/c1-6-8-10-12-15-19-23-31-29-32(31)24-20-16-14-18-22-26-33(34(5)28-27-30(3)4)25-21-17-13-11-9-7-2/h30-33H,6-29H2,1-5H3. The van der Waals surface area contributed by atoms with Crippen LogP contribution in [0.2, 0.25) is 0 Å². The highest BCUT2D eigenvalue weighted by Gasteiger charge is 2.34. The smallest absolute Gasteiger partial charge is 0.00922 e. The van der Waals surface area contributed by atoms with Crippen LogP contribution in [0.1, 0.15) is 175 Å². The third kappa shape index (κ3) is 18.3. The third-order valence-corrected chi connectivity index (χ3v) is 8.68. The van der Waals surface area contributed by atoms with Crippen molar-refractivity contribution >= 4 is 0 Å². The lowest BCUT2D eigenvalue weighted by Gasteiger charge is -2.29. The maximum atomic E-state index is 2.71. The number of hydrogen-bond donors (Lipinski definition) is 0. The van der Waals surface area contributed by atoms with Gasteiger partial charge in [-0.05, 0) is 57.0 Å². The van der Waals surface area contributed by atoms with Gasteiger partial charge in [-0.3, -0.25) is 0 Å². The van der Waals surface area contributed by atoms with Crippen LogP contribution in [-0.2, 0) is 0 Å². The lowest BCUT2D eigenvalue weighted by atomic mass is 9.98. The van der Waals surface area contributed by atoms with Crippen molar-refractivity contribution in [2.24, 2.45) is 17.8 Å². The molecule has 0 radical (unpaired) electrons. The SMILES string of the molecule is CCCCCCCCC1CC1CCCCCCCC(CCCCCCCC)N(C)CCC(C)C. The van der Waals surface area contributed by atoms with E-state index in [0.717, 1.165) is 23.8 Å². The molecule has 0 bridgehead atoms. The van der Waals surface area contributed by atoms with Gasteiger partial charge in [0, 0.05) is 6.04 Å². The monoisotopic (exact) mass is 478 g/mol. The Kier molecular flexibility index (Phi) is 20.9. The van der Waals surface area contributed by atoms with Crippen molar-refractivity contribution < 1.29 is 0 Å². The van der Waals surface area contributed by atoms with Gasteiger partial charge in [0.15, 0.2) is 0 Å². The summed E-state index contributed by atoms with van der Waals surface area (Å²) in [6, 6.07) is 0.833. The van der Waals surface area contributed by atoms with E-state index in [0.29, 0.717) is 0 Å². The molecular formula is C33H67N. The van der Waals surface area contributed by atoms with Gasteiger partial charge in [-0.15, -0.1) is 0 Å². The predicted molar refractivity (Wildman–Crippen MR) is 156 cm³/mol. The Balaban J connectivity index is 2.05. The number of unbranched alkanes of at least 4 members (excludes halogenated alkanes) is 14. The summed E-state index contributed by atoms with van der Waals surface area (Å²) in [5.41, 5.74) is 0. The molecule has 1 fully saturated rings. The van der Waals surface area contributed by atoms with Gasteiger partial charge in [0.2, 0.25) is 0 Å². The van der Waals surface area contributed by atoms with E-state index in [1.807, 2.05) is 0 Å². The molecule has 3 atom stereocenters. The molecule has 0 heterocycles. The van der Waals surface area contributed by atoms with Gasteiger partial charge >= 0.3 is 0 Å². The first-order chi connectivity index (χ1) is 16.6. The van der Waals surface area contributed by atoms with Crippen molar-refractivity contribution in [1.82, 2.24) is 4.90 Å². The van der Waals surface area contributed by atoms with Crippen molar-refractivity contribution in [3.8, 4) is 0 Å².